The van der Waals surface area contributed by atoms with Crippen molar-refractivity contribution in [3.8, 4) is 11.5 Å². The number of nitrogen functional groups attached to an aromatic ring is 2. The first kappa shape index (κ1) is 18.4. The molecule has 0 unspecified atom stereocenters. The van der Waals surface area contributed by atoms with Crippen molar-refractivity contribution in [3.63, 3.8) is 0 Å². The van der Waals surface area contributed by atoms with Gasteiger partial charge in [0.05, 0.1) is 5.02 Å². The molecule has 3 aromatic carbocycles. The Morgan fingerprint density at radius 1 is 0.840 bits per heavy atom. The summed E-state index contributed by atoms with van der Waals surface area (Å²) in [6.45, 7) is 1.53. The summed E-state index contributed by atoms with van der Waals surface area (Å²) in [5.41, 5.74) is 13.1. The van der Waals surface area contributed by atoms with Crippen molar-refractivity contribution in [2.75, 3.05) is 11.5 Å². The zero-order chi connectivity index (χ0) is 18.2. The summed E-state index contributed by atoms with van der Waals surface area (Å²) in [6, 6.07) is 21.4. The van der Waals surface area contributed by atoms with E-state index in [4.69, 9.17) is 27.8 Å². The molecule has 4 N–H and O–H groups in total. The third kappa shape index (κ3) is 5.86. The molecule has 0 heterocycles. The smallest absolute Gasteiger partial charge is 0.159 e. The van der Waals surface area contributed by atoms with Crippen LogP contribution < -0.4 is 16.2 Å². The number of hydrogen-bond donors (Lipinski definition) is 2. The molecule has 4 nitrogen and oxygen atoms in total. The summed E-state index contributed by atoms with van der Waals surface area (Å²) in [4.78, 5) is 10.7. The van der Waals surface area contributed by atoms with Crippen LogP contribution in [0.4, 0.5) is 11.4 Å². The molecule has 3 aromatic rings. The lowest BCUT2D eigenvalue weighted by Crippen LogP contribution is -1.91. The standard InChI is InChI=1S/C12H10ClNO.C8H9NO/c13-11-3-1-2-4-12(11)15-10-7-5-9(14)6-8-10;1-6(10)7-2-4-8(9)5-3-7/h1-8H,14H2;2-5H,9H2,1H3. The van der Waals surface area contributed by atoms with Crippen LogP contribution in [0.5, 0.6) is 11.5 Å². The number of rotatable bonds is 3. The molecule has 25 heavy (non-hydrogen) atoms. The molecule has 0 spiro atoms. The van der Waals surface area contributed by atoms with Crippen LogP contribution in [0.2, 0.25) is 5.02 Å². The van der Waals surface area contributed by atoms with Gasteiger partial charge in [-0.25, -0.2) is 0 Å². The number of halogens is 1. The zero-order valence-electron chi connectivity index (χ0n) is 13.8. The number of Topliss-reactive ketones (excluding diaryl/α,β-unsaturated/α-hetero) is 1. The number of carbonyl (C=O) groups is 1. The Morgan fingerprint density at radius 2 is 1.36 bits per heavy atom. The first-order chi connectivity index (χ1) is 12.0. The summed E-state index contributed by atoms with van der Waals surface area (Å²) in [6.07, 6.45) is 0. The van der Waals surface area contributed by atoms with E-state index in [2.05, 4.69) is 0 Å². The van der Waals surface area contributed by atoms with E-state index in [-0.39, 0.29) is 5.78 Å². The zero-order valence-corrected chi connectivity index (χ0v) is 14.5. The van der Waals surface area contributed by atoms with Gasteiger partial charge in [-0.2, -0.15) is 0 Å². The van der Waals surface area contributed by atoms with E-state index >= 15 is 0 Å². The lowest BCUT2D eigenvalue weighted by molar-refractivity contribution is 0.101. The molecule has 3 rings (SSSR count). The molecule has 0 atom stereocenters. The molecule has 128 valence electrons. The lowest BCUT2D eigenvalue weighted by Gasteiger charge is -2.06. The van der Waals surface area contributed by atoms with Crippen LogP contribution >= 0.6 is 11.6 Å². The van der Waals surface area contributed by atoms with Crippen LogP contribution in [-0.2, 0) is 0 Å². The first-order valence-corrected chi connectivity index (χ1v) is 7.98. The monoisotopic (exact) mass is 354 g/mol. The molecule has 0 amide bonds. The highest BCUT2D eigenvalue weighted by Crippen LogP contribution is 2.28. The number of hydrogen-bond acceptors (Lipinski definition) is 4. The molecule has 0 aliphatic heterocycles. The number of para-hydroxylation sites is 1. The summed E-state index contributed by atoms with van der Waals surface area (Å²) in [7, 11) is 0. The fraction of sp³-hybridized carbons (Fsp3) is 0.0500. The van der Waals surface area contributed by atoms with Crippen molar-refractivity contribution in [1.82, 2.24) is 0 Å². The lowest BCUT2D eigenvalue weighted by atomic mass is 10.1. The number of carbonyl (C=O) groups excluding carboxylic acids is 1. The maximum absolute atomic E-state index is 10.7. The Labute approximate surface area is 152 Å². The minimum absolute atomic E-state index is 0.0694. The van der Waals surface area contributed by atoms with Crippen molar-refractivity contribution in [2.45, 2.75) is 6.92 Å². The van der Waals surface area contributed by atoms with Gasteiger partial charge in [-0.1, -0.05) is 23.7 Å². The molecule has 0 aliphatic carbocycles. The van der Waals surface area contributed by atoms with Gasteiger partial charge >= 0.3 is 0 Å². The summed E-state index contributed by atoms with van der Waals surface area (Å²) in [5.74, 6) is 1.43. The molecule has 0 aromatic heterocycles. The Morgan fingerprint density at radius 3 is 1.88 bits per heavy atom. The number of benzene rings is 3. The van der Waals surface area contributed by atoms with Crippen LogP contribution in [0.1, 0.15) is 17.3 Å². The summed E-state index contributed by atoms with van der Waals surface area (Å²) >= 11 is 5.96. The predicted octanol–water partition coefficient (Wildman–Crippen LogP) is 5.19. The Balaban J connectivity index is 0.000000196. The number of anilines is 2. The van der Waals surface area contributed by atoms with Crippen molar-refractivity contribution in [1.29, 1.82) is 0 Å². The van der Waals surface area contributed by atoms with Crippen molar-refractivity contribution < 1.29 is 9.53 Å². The fourth-order valence-corrected chi connectivity index (χ4v) is 2.08. The van der Waals surface area contributed by atoms with Crippen LogP contribution in [0.15, 0.2) is 72.8 Å². The molecule has 0 saturated carbocycles. The van der Waals surface area contributed by atoms with Gasteiger partial charge in [0.25, 0.3) is 0 Å². The molecule has 0 aliphatic rings. The van der Waals surface area contributed by atoms with Crippen molar-refractivity contribution in [3.05, 3.63) is 83.4 Å². The van der Waals surface area contributed by atoms with Gasteiger partial charge in [0.1, 0.15) is 11.5 Å². The van der Waals surface area contributed by atoms with Crippen LogP contribution in [0.25, 0.3) is 0 Å². The second-order valence-electron chi connectivity index (χ2n) is 5.28. The van der Waals surface area contributed by atoms with Gasteiger partial charge < -0.3 is 16.2 Å². The number of nitrogens with two attached hydrogens (primary N) is 2. The van der Waals surface area contributed by atoms with E-state index < -0.39 is 0 Å². The van der Waals surface area contributed by atoms with Crippen LogP contribution in [0.3, 0.4) is 0 Å². The second kappa shape index (κ2) is 8.76. The maximum Gasteiger partial charge on any atom is 0.159 e. The van der Waals surface area contributed by atoms with E-state index in [1.807, 2.05) is 18.2 Å². The van der Waals surface area contributed by atoms with Gasteiger partial charge in [-0.3, -0.25) is 4.79 Å². The van der Waals surface area contributed by atoms with Gasteiger partial charge in [-0.05, 0) is 67.6 Å². The quantitative estimate of drug-likeness (QED) is 0.501. The van der Waals surface area contributed by atoms with Crippen molar-refractivity contribution >= 4 is 28.8 Å². The molecular weight excluding hydrogens is 336 g/mol. The number of ether oxygens (including phenoxy) is 1. The highest BCUT2D eigenvalue weighted by molar-refractivity contribution is 6.32. The SMILES string of the molecule is CC(=O)c1ccc(N)cc1.Nc1ccc(Oc2ccccc2Cl)cc1. The largest absolute Gasteiger partial charge is 0.456 e. The minimum Gasteiger partial charge on any atom is -0.456 e. The molecular formula is C20H19ClN2O2. The van der Waals surface area contributed by atoms with Crippen LogP contribution in [0, 0.1) is 0 Å². The van der Waals surface area contributed by atoms with Crippen molar-refractivity contribution in [2.24, 2.45) is 0 Å². The molecule has 0 radical (unpaired) electrons. The Hall–Kier alpha value is -2.98. The van der Waals surface area contributed by atoms with Gasteiger partial charge in [0.15, 0.2) is 5.78 Å². The summed E-state index contributed by atoms with van der Waals surface area (Å²) < 4.78 is 5.58. The molecule has 0 saturated heterocycles. The third-order valence-corrected chi connectivity index (χ3v) is 3.57. The highest BCUT2D eigenvalue weighted by Gasteiger charge is 2.01. The molecule has 0 bridgehead atoms. The predicted molar refractivity (Wildman–Crippen MR) is 103 cm³/mol. The molecule has 0 fully saturated rings. The maximum atomic E-state index is 10.7. The van der Waals surface area contributed by atoms with E-state index in [9.17, 15) is 4.79 Å². The van der Waals surface area contributed by atoms with Gasteiger partial charge in [0, 0.05) is 16.9 Å². The normalized spacial score (nSPS) is 9.68. The van der Waals surface area contributed by atoms with E-state index in [1.54, 1.807) is 54.6 Å². The van der Waals surface area contributed by atoms with Crippen LogP contribution in [-0.4, -0.2) is 5.78 Å². The van der Waals surface area contributed by atoms with E-state index in [1.165, 1.54) is 6.92 Å². The third-order valence-electron chi connectivity index (χ3n) is 3.26. The molecule has 5 heteroatoms. The second-order valence-corrected chi connectivity index (χ2v) is 5.69. The van der Waals surface area contributed by atoms with E-state index in [0.29, 0.717) is 27.7 Å². The Kier molecular flexibility index (Phi) is 6.43. The average molecular weight is 355 g/mol. The van der Waals surface area contributed by atoms with Gasteiger partial charge in [0.2, 0.25) is 0 Å². The van der Waals surface area contributed by atoms with E-state index in [0.717, 1.165) is 5.75 Å². The highest BCUT2D eigenvalue weighted by atomic mass is 35.5. The minimum atomic E-state index is 0.0694. The average Bonchev–Trinajstić information content (AvgIpc) is 2.60. The summed E-state index contributed by atoms with van der Waals surface area (Å²) in [5, 5.41) is 0.592. The Bertz CT molecular complexity index is 831. The first-order valence-electron chi connectivity index (χ1n) is 7.60. The fourth-order valence-electron chi connectivity index (χ4n) is 1.91. The topological polar surface area (TPSA) is 78.3 Å². The van der Waals surface area contributed by atoms with Gasteiger partial charge in [-0.15, -0.1) is 0 Å². The number of ketones is 1.